The average molecular weight is 931 g/mol. The van der Waals surface area contributed by atoms with Gasteiger partial charge in [0.2, 0.25) is 0 Å². The van der Waals surface area contributed by atoms with E-state index in [0.29, 0.717) is 0 Å². The summed E-state index contributed by atoms with van der Waals surface area (Å²) in [6.45, 7) is 25.9. The molecule has 0 radical (unpaired) electrons. The van der Waals surface area contributed by atoms with Gasteiger partial charge in [-0.2, -0.15) is 0 Å². The quantitative estimate of drug-likeness (QED) is 0.0791. The SMILES string of the molecule is C=C\C=C(C(=C)N(c1ccccc1)c1ccc(-c2c(-c3ccccc3)c(-c3ccccc3)c(-c3ccc(N(C(=C)c4ccccc4/C=C\C)/C(C=C)=C/C=C\C)cc3)c3ccccc23)cc1)/C(/C=C\C)=C\C. The first-order valence-electron chi connectivity index (χ1n) is 24.6. The van der Waals surface area contributed by atoms with Crippen molar-refractivity contribution in [2.75, 3.05) is 9.80 Å². The molecule has 0 bridgehead atoms. The van der Waals surface area contributed by atoms with E-state index >= 15 is 0 Å². The smallest absolute Gasteiger partial charge is 0.0468 e. The Balaban J connectivity index is 1.36. The number of fused-ring (bicyclic) bond motifs is 1. The molecule has 2 heteroatoms. The van der Waals surface area contributed by atoms with Crippen LogP contribution in [0.3, 0.4) is 0 Å². The second-order valence-corrected chi connectivity index (χ2v) is 17.2. The Morgan fingerprint density at radius 1 is 0.458 bits per heavy atom. The van der Waals surface area contributed by atoms with Gasteiger partial charge in [-0.05, 0) is 143 Å². The molecule has 0 aliphatic carbocycles. The molecule has 352 valence electrons. The molecule has 0 amide bonds. The highest BCUT2D eigenvalue weighted by atomic mass is 15.2. The molecule has 0 saturated carbocycles. The first-order valence-corrected chi connectivity index (χ1v) is 24.6. The summed E-state index contributed by atoms with van der Waals surface area (Å²) in [5, 5.41) is 2.32. The highest BCUT2D eigenvalue weighted by Crippen LogP contribution is 2.51. The molecule has 8 aromatic carbocycles. The molecule has 2 nitrogen and oxygen atoms in total. The van der Waals surface area contributed by atoms with Crippen LogP contribution in [0.4, 0.5) is 17.1 Å². The minimum absolute atomic E-state index is 0.845. The van der Waals surface area contributed by atoms with E-state index < -0.39 is 0 Å². The fourth-order valence-electron chi connectivity index (χ4n) is 9.63. The molecule has 0 atom stereocenters. The lowest BCUT2D eigenvalue weighted by atomic mass is 9.79. The molecule has 8 rings (SSSR count). The number of hydrogen-bond donors (Lipinski definition) is 0. The van der Waals surface area contributed by atoms with E-state index in [9.17, 15) is 0 Å². The van der Waals surface area contributed by atoms with Crippen LogP contribution >= 0.6 is 0 Å². The van der Waals surface area contributed by atoms with Crippen LogP contribution < -0.4 is 9.80 Å². The highest BCUT2D eigenvalue weighted by Gasteiger charge is 2.26. The number of benzene rings is 8. The number of hydrogen-bond acceptors (Lipinski definition) is 2. The van der Waals surface area contributed by atoms with E-state index in [4.69, 9.17) is 13.2 Å². The van der Waals surface area contributed by atoms with Crippen molar-refractivity contribution in [3.63, 3.8) is 0 Å². The molecule has 0 unspecified atom stereocenters. The summed E-state index contributed by atoms with van der Waals surface area (Å²) in [7, 11) is 0. The largest absolute Gasteiger partial charge is 0.310 e. The zero-order valence-electron chi connectivity index (χ0n) is 42.0. The Morgan fingerprint density at radius 3 is 1.44 bits per heavy atom. The van der Waals surface area contributed by atoms with Crippen LogP contribution in [0.25, 0.3) is 67.1 Å². The monoisotopic (exact) mass is 930 g/mol. The zero-order chi connectivity index (χ0) is 50.4. The summed E-state index contributed by atoms with van der Waals surface area (Å²) < 4.78 is 0. The van der Waals surface area contributed by atoms with Gasteiger partial charge < -0.3 is 9.80 Å². The molecule has 0 aromatic heterocycles. The van der Waals surface area contributed by atoms with Crippen LogP contribution in [0.15, 0.2) is 298 Å². The summed E-state index contributed by atoms with van der Waals surface area (Å²) in [6, 6.07) is 67.3. The molecular weight excluding hydrogens is 869 g/mol. The van der Waals surface area contributed by atoms with Gasteiger partial charge in [-0.3, -0.25) is 0 Å². The van der Waals surface area contributed by atoms with E-state index in [-0.39, 0.29) is 0 Å². The maximum Gasteiger partial charge on any atom is 0.0468 e. The fourth-order valence-corrected chi connectivity index (χ4v) is 9.63. The predicted molar refractivity (Wildman–Crippen MR) is 316 cm³/mol. The van der Waals surface area contributed by atoms with Crippen molar-refractivity contribution < 1.29 is 0 Å². The second-order valence-electron chi connectivity index (χ2n) is 17.2. The molecule has 72 heavy (non-hydrogen) atoms. The van der Waals surface area contributed by atoms with Crippen molar-refractivity contribution in [1.82, 2.24) is 0 Å². The Bertz CT molecular complexity index is 3410. The predicted octanol–water partition coefficient (Wildman–Crippen LogP) is 20.0. The van der Waals surface area contributed by atoms with E-state index in [1.165, 1.54) is 0 Å². The first-order chi connectivity index (χ1) is 35.4. The van der Waals surface area contributed by atoms with Crippen LogP contribution in [-0.2, 0) is 0 Å². The number of nitrogens with zero attached hydrogens (tertiary/aromatic N) is 2. The van der Waals surface area contributed by atoms with Gasteiger partial charge in [-0.1, -0.05) is 233 Å². The molecule has 0 heterocycles. The third-order valence-corrected chi connectivity index (χ3v) is 12.8. The van der Waals surface area contributed by atoms with Crippen LogP contribution in [0.2, 0.25) is 0 Å². The lowest BCUT2D eigenvalue weighted by molar-refractivity contribution is 1.18. The maximum atomic E-state index is 4.72. The third-order valence-electron chi connectivity index (χ3n) is 12.8. The van der Waals surface area contributed by atoms with Crippen LogP contribution in [0.1, 0.15) is 38.8 Å². The average Bonchev–Trinajstić information content (AvgIpc) is 3.43. The first kappa shape index (κ1) is 49.4. The van der Waals surface area contributed by atoms with Gasteiger partial charge in [-0.25, -0.2) is 0 Å². The summed E-state index contributed by atoms with van der Waals surface area (Å²) in [4.78, 5) is 4.43. The molecule has 0 aliphatic heterocycles. The van der Waals surface area contributed by atoms with Gasteiger partial charge in [-0.15, -0.1) is 0 Å². The van der Waals surface area contributed by atoms with Gasteiger partial charge in [0.25, 0.3) is 0 Å². The number of allylic oxidation sites excluding steroid dienone is 11. The Kier molecular flexibility index (Phi) is 16.2. The van der Waals surface area contributed by atoms with Crippen molar-refractivity contribution in [2.24, 2.45) is 0 Å². The second kappa shape index (κ2) is 23.6. The van der Waals surface area contributed by atoms with Gasteiger partial charge in [0.15, 0.2) is 0 Å². The molecule has 8 aromatic rings. The van der Waals surface area contributed by atoms with Crippen LogP contribution in [-0.4, -0.2) is 0 Å². The molecule has 0 aliphatic rings. The summed E-state index contributed by atoms with van der Waals surface area (Å²) in [5.41, 5.74) is 18.9. The Labute approximate surface area is 428 Å². The van der Waals surface area contributed by atoms with Gasteiger partial charge in [0.1, 0.15) is 0 Å². The lowest BCUT2D eigenvalue weighted by Crippen LogP contribution is -2.19. The summed E-state index contributed by atoms with van der Waals surface area (Å²) in [5.74, 6) is 0. The standard InChI is InChI=1S/C70H62N2/c1-9-15-37-59(14-6)71(52(8)64-40-26-25-32-54(64)30-11-3)61-47-43-57(44-48-61)67-65-41-27-28-42-66(65)68(70(56-35-21-17-22-36-56)69(67)55-33-19-16-20-34-55)58-45-49-62(50-46-58)72(60-38-23-18-24-39-60)51(7)63(31-12-4)53(13-5)29-10-2/h9-50H,4,6-8H2,1-3,5H3/b15-9-,29-10-,30-11-,53-13-,59-37+,63-31-. The highest BCUT2D eigenvalue weighted by molar-refractivity contribution is 6.18. The van der Waals surface area contributed by atoms with Crippen molar-refractivity contribution in [3.05, 3.63) is 309 Å². The number of anilines is 3. The maximum absolute atomic E-state index is 4.72. The molecular formula is C70H62N2. The fraction of sp³-hybridized carbons (Fsp3) is 0.0571. The molecule has 0 saturated heterocycles. The third kappa shape index (κ3) is 10.3. The van der Waals surface area contributed by atoms with Gasteiger partial charge in [0, 0.05) is 45.3 Å². The van der Waals surface area contributed by atoms with Crippen molar-refractivity contribution in [1.29, 1.82) is 0 Å². The van der Waals surface area contributed by atoms with Gasteiger partial charge in [0.05, 0.1) is 0 Å². The van der Waals surface area contributed by atoms with Crippen molar-refractivity contribution in [3.8, 4) is 44.5 Å². The summed E-state index contributed by atoms with van der Waals surface area (Å²) in [6.07, 6.45) is 22.4. The summed E-state index contributed by atoms with van der Waals surface area (Å²) >= 11 is 0. The van der Waals surface area contributed by atoms with Crippen molar-refractivity contribution >= 4 is 39.6 Å². The Hall–Kier alpha value is -8.98. The van der Waals surface area contributed by atoms with Crippen molar-refractivity contribution in [2.45, 2.75) is 27.7 Å². The van der Waals surface area contributed by atoms with E-state index in [2.05, 4.69) is 248 Å². The minimum Gasteiger partial charge on any atom is -0.310 e. The normalized spacial score (nSPS) is 12.2. The van der Waals surface area contributed by atoms with Crippen LogP contribution in [0, 0.1) is 0 Å². The molecule has 0 fully saturated rings. The molecule has 0 N–H and O–H groups in total. The number of rotatable bonds is 18. The Morgan fingerprint density at radius 2 is 0.944 bits per heavy atom. The number of para-hydroxylation sites is 1. The van der Waals surface area contributed by atoms with Crippen LogP contribution in [0.5, 0.6) is 0 Å². The van der Waals surface area contributed by atoms with E-state index in [1.807, 2.05) is 57.2 Å². The lowest BCUT2D eigenvalue weighted by Gasteiger charge is -2.30. The topological polar surface area (TPSA) is 6.48 Å². The molecule has 0 spiro atoms. The minimum atomic E-state index is 0.845. The van der Waals surface area contributed by atoms with E-state index in [0.717, 1.165) is 112 Å². The zero-order valence-corrected chi connectivity index (χ0v) is 42.0. The van der Waals surface area contributed by atoms with Gasteiger partial charge >= 0.3 is 0 Å². The van der Waals surface area contributed by atoms with E-state index in [1.54, 1.807) is 0 Å².